The van der Waals surface area contributed by atoms with Crippen molar-refractivity contribution in [3.8, 4) is 0 Å². The van der Waals surface area contributed by atoms with E-state index in [1.807, 2.05) is 6.07 Å². The summed E-state index contributed by atoms with van der Waals surface area (Å²) in [5, 5.41) is 9.46. The van der Waals surface area contributed by atoms with Crippen LogP contribution >= 0.6 is 0 Å². The summed E-state index contributed by atoms with van der Waals surface area (Å²) in [7, 11) is -3.04. The first-order valence-electron chi connectivity index (χ1n) is 7.48. The lowest BCUT2D eigenvalue weighted by molar-refractivity contribution is -0.143. The molecule has 4 nitrogen and oxygen atoms in total. The quantitative estimate of drug-likeness (QED) is 0.921. The Labute approximate surface area is 125 Å². The molecule has 5 heteroatoms. The van der Waals surface area contributed by atoms with Crippen molar-refractivity contribution in [2.24, 2.45) is 11.8 Å². The molecule has 0 bridgehead atoms. The largest absolute Gasteiger partial charge is 0.481 e. The van der Waals surface area contributed by atoms with E-state index in [9.17, 15) is 18.3 Å². The molecule has 114 valence electrons. The van der Waals surface area contributed by atoms with E-state index in [0.29, 0.717) is 12.8 Å². The highest BCUT2D eigenvalue weighted by molar-refractivity contribution is 7.91. The third-order valence-electron chi connectivity index (χ3n) is 4.77. The topological polar surface area (TPSA) is 71.4 Å². The SMILES string of the molecule is O=C(O)C(Cc1ccc2c(c1)CCC2)C1CCS(=O)(=O)C1. The summed E-state index contributed by atoms with van der Waals surface area (Å²) in [5.74, 6) is -1.57. The van der Waals surface area contributed by atoms with Crippen molar-refractivity contribution in [2.45, 2.75) is 32.1 Å². The van der Waals surface area contributed by atoms with Gasteiger partial charge in [0.1, 0.15) is 0 Å². The van der Waals surface area contributed by atoms with Gasteiger partial charge in [0.25, 0.3) is 0 Å². The number of carboxylic acids is 1. The fourth-order valence-electron chi connectivity index (χ4n) is 3.60. The van der Waals surface area contributed by atoms with E-state index in [-0.39, 0.29) is 17.4 Å². The molecule has 0 saturated carbocycles. The monoisotopic (exact) mass is 308 g/mol. The highest BCUT2D eigenvalue weighted by Crippen LogP contribution is 2.30. The van der Waals surface area contributed by atoms with E-state index in [0.717, 1.165) is 18.4 Å². The van der Waals surface area contributed by atoms with Crippen molar-refractivity contribution in [1.82, 2.24) is 0 Å². The molecule has 1 saturated heterocycles. The number of hydrogen-bond acceptors (Lipinski definition) is 3. The van der Waals surface area contributed by atoms with E-state index in [1.165, 1.54) is 17.5 Å². The van der Waals surface area contributed by atoms with E-state index in [1.54, 1.807) is 0 Å². The van der Waals surface area contributed by atoms with Gasteiger partial charge in [-0.15, -0.1) is 0 Å². The van der Waals surface area contributed by atoms with Crippen LogP contribution in [-0.2, 0) is 33.9 Å². The van der Waals surface area contributed by atoms with Crippen molar-refractivity contribution in [1.29, 1.82) is 0 Å². The summed E-state index contributed by atoms with van der Waals surface area (Å²) in [6.07, 6.45) is 4.26. The number of hydrogen-bond donors (Lipinski definition) is 1. The van der Waals surface area contributed by atoms with Crippen LogP contribution in [0.15, 0.2) is 18.2 Å². The lowest BCUT2D eigenvalue weighted by Gasteiger charge is -2.18. The predicted octanol–water partition coefficient (Wildman–Crippen LogP) is 1.85. The molecular formula is C16H20O4S. The number of rotatable bonds is 4. The maximum Gasteiger partial charge on any atom is 0.307 e. The molecule has 2 atom stereocenters. The molecule has 1 aromatic rings. The Morgan fingerprint density at radius 2 is 2.05 bits per heavy atom. The van der Waals surface area contributed by atoms with Gasteiger partial charge in [0.15, 0.2) is 9.84 Å². The van der Waals surface area contributed by atoms with Gasteiger partial charge in [-0.05, 0) is 54.7 Å². The van der Waals surface area contributed by atoms with Gasteiger partial charge in [-0.2, -0.15) is 0 Å². The summed E-state index contributed by atoms with van der Waals surface area (Å²) in [6.45, 7) is 0. The number of fused-ring (bicyclic) bond motifs is 1. The predicted molar refractivity (Wildman–Crippen MR) is 80.1 cm³/mol. The second-order valence-electron chi connectivity index (χ2n) is 6.27. The van der Waals surface area contributed by atoms with Gasteiger partial charge < -0.3 is 5.11 Å². The van der Waals surface area contributed by atoms with Crippen LogP contribution in [0.4, 0.5) is 0 Å². The van der Waals surface area contributed by atoms with E-state index < -0.39 is 21.7 Å². The van der Waals surface area contributed by atoms with Crippen molar-refractivity contribution in [3.63, 3.8) is 0 Å². The zero-order valence-corrected chi connectivity index (χ0v) is 12.7. The Hall–Kier alpha value is -1.36. The Morgan fingerprint density at radius 3 is 2.71 bits per heavy atom. The maximum atomic E-state index is 11.6. The van der Waals surface area contributed by atoms with E-state index >= 15 is 0 Å². The van der Waals surface area contributed by atoms with E-state index in [2.05, 4.69) is 12.1 Å². The molecule has 1 aromatic carbocycles. The van der Waals surface area contributed by atoms with Gasteiger partial charge in [-0.1, -0.05) is 18.2 Å². The molecule has 0 radical (unpaired) electrons. The molecule has 1 fully saturated rings. The number of sulfone groups is 1. The highest BCUT2D eigenvalue weighted by Gasteiger charge is 2.37. The number of aryl methyl sites for hydroxylation is 2. The minimum Gasteiger partial charge on any atom is -0.481 e. The molecule has 0 amide bonds. The van der Waals surface area contributed by atoms with Gasteiger partial charge in [0.2, 0.25) is 0 Å². The first-order valence-corrected chi connectivity index (χ1v) is 9.31. The van der Waals surface area contributed by atoms with Crippen LogP contribution in [0.3, 0.4) is 0 Å². The second kappa shape index (κ2) is 5.44. The first-order chi connectivity index (χ1) is 9.94. The number of benzene rings is 1. The van der Waals surface area contributed by atoms with Gasteiger partial charge in [-0.3, -0.25) is 4.79 Å². The molecule has 0 spiro atoms. The average Bonchev–Trinajstić information content (AvgIpc) is 3.01. The third kappa shape index (κ3) is 3.12. The minimum atomic E-state index is -3.04. The molecule has 2 aliphatic rings. The molecule has 1 N–H and O–H groups in total. The van der Waals surface area contributed by atoms with Crippen molar-refractivity contribution in [3.05, 3.63) is 34.9 Å². The molecule has 1 aliphatic carbocycles. The summed E-state index contributed by atoms with van der Waals surface area (Å²) < 4.78 is 23.2. The fraction of sp³-hybridized carbons (Fsp3) is 0.562. The number of aliphatic carboxylic acids is 1. The third-order valence-corrected chi connectivity index (χ3v) is 6.57. The normalized spacial score (nSPS) is 24.7. The molecule has 1 aliphatic heterocycles. The van der Waals surface area contributed by atoms with Crippen LogP contribution in [0, 0.1) is 11.8 Å². The van der Waals surface area contributed by atoms with Crippen molar-refractivity contribution >= 4 is 15.8 Å². The van der Waals surface area contributed by atoms with Crippen molar-refractivity contribution < 1.29 is 18.3 Å². The Bertz CT molecular complexity index is 663. The summed E-state index contributed by atoms with van der Waals surface area (Å²) in [6, 6.07) is 6.22. The Kier molecular flexibility index (Phi) is 3.78. The van der Waals surface area contributed by atoms with E-state index in [4.69, 9.17) is 0 Å². The first kappa shape index (κ1) is 14.6. The summed E-state index contributed by atoms with van der Waals surface area (Å²) in [4.78, 5) is 11.5. The number of carbonyl (C=O) groups is 1. The highest BCUT2D eigenvalue weighted by atomic mass is 32.2. The van der Waals surface area contributed by atoms with Gasteiger partial charge in [0, 0.05) is 0 Å². The molecule has 2 unspecified atom stereocenters. The standard InChI is InChI=1S/C16H20O4S/c17-16(18)15(14-6-7-21(19,20)10-14)9-11-4-5-12-2-1-3-13(12)8-11/h4-5,8,14-15H,1-3,6-7,9-10H2,(H,17,18). The van der Waals surface area contributed by atoms with Crippen LogP contribution in [0.25, 0.3) is 0 Å². The average molecular weight is 308 g/mol. The van der Waals surface area contributed by atoms with Gasteiger partial charge in [-0.25, -0.2) is 8.42 Å². The summed E-state index contributed by atoms with van der Waals surface area (Å²) in [5.41, 5.74) is 3.72. The smallest absolute Gasteiger partial charge is 0.307 e. The second-order valence-corrected chi connectivity index (χ2v) is 8.50. The Balaban J connectivity index is 1.78. The van der Waals surface area contributed by atoms with Crippen LogP contribution in [0.1, 0.15) is 29.5 Å². The summed E-state index contributed by atoms with van der Waals surface area (Å²) >= 11 is 0. The lowest BCUT2D eigenvalue weighted by Crippen LogP contribution is -2.26. The Morgan fingerprint density at radius 1 is 1.29 bits per heavy atom. The van der Waals surface area contributed by atoms with Crippen LogP contribution in [0.2, 0.25) is 0 Å². The number of carboxylic acid groups (broad SMARTS) is 1. The molecular weight excluding hydrogens is 288 g/mol. The van der Waals surface area contributed by atoms with Crippen molar-refractivity contribution in [2.75, 3.05) is 11.5 Å². The molecule has 21 heavy (non-hydrogen) atoms. The lowest BCUT2D eigenvalue weighted by atomic mass is 9.86. The minimum absolute atomic E-state index is 0.0227. The molecule has 0 aromatic heterocycles. The van der Waals surface area contributed by atoms with Crippen LogP contribution in [-0.4, -0.2) is 31.0 Å². The maximum absolute atomic E-state index is 11.6. The van der Waals surface area contributed by atoms with Gasteiger partial charge >= 0.3 is 5.97 Å². The molecule has 1 heterocycles. The molecule has 3 rings (SSSR count). The fourth-order valence-corrected chi connectivity index (χ4v) is 5.48. The van der Waals surface area contributed by atoms with Crippen LogP contribution in [0.5, 0.6) is 0 Å². The zero-order valence-electron chi connectivity index (χ0n) is 11.9. The zero-order chi connectivity index (χ0) is 15.0. The van der Waals surface area contributed by atoms with Gasteiger partial charge in [0.05, 0.1) is 17.4 Å². The van der Waals surface area contributed by atoms with Crippen LogP contribution < -0.4 is 0 Å².